The van der Waals surface area contributed by atoms with Crippen molar-refractivity contribution in [1.82, 2.24) is 15.5 Å². The van der Waals surface area contributed by atoms with Crippen molar-refractivity contribution in [3.63, 3.8) is 0 Å². The first kappa shape index (κ1) is 23.7. The third-order valence-corrected chi connectivity index (χ3v) is 6.01. The first-order valence-corrected chi connectivity index (χ1v) is 11.7. The highest BCUT2D eigenvalue weighted by Crippen LogP contribution is 2.13. The van der Waals surface area contributed by atoms with Gasteiger partial charge < -0.3 is 15.4 Å². The van der Waals surface area contributed by atoms with Crippen molar-refractivity contribution in [3.05, 3.63) is 107 Å². The lowest BCUT2D eigenvalue weighted by atomic mass is 10.0. The average molecular weight is 458 g/mol. The Labute approximate surface area is 200 Å². The largest absolute Gasteiger partial charge is 0.379 e. The van der Waals surface area contributed by atoms with Gasteiger partial charge in [-0.2, -0.15) is 0 Å². The summed E-state index contributed by atoms with van der Waals surface area (Å²) in [6.45, 7) is 4.55. The van der Waals surface area contributed by atoms with Crippen molar-refractivity contribution >= 4 is 11.8 Å². The number of carbonyl (C=O) groups is 2. The molecule has 2 amide bonds. The second-order valence-corrected chi connectivity index (χ2v) is 8.46. The maximum Gasteiger partial charge on any atom is 0.251 e. The van der Waals surface area contributed by atoms with E-state index in [0.717, 1.165) is 44.0 Å². The molecule has 1 heterocycles. The first-order chi connectivity index (χ1) is 16.7. The van der Waals surface area contributed by atoms with Gasteiger partial charge in [-0.3, -0.25) is 14.5 Å². The molecule has 2 N–H and O–H groups in total. The Morgan fingerprint density at radius 1 is 0.824 bits per heavy atom. The maximum atomic E-state index is 13.2. The molecule has 176 valence electrons. The van der Waals surface area contributed by atoms with Crippen LogP contribution in [-0.2, 0) is 29.0 Å². The second-order valence-electron chi connectivity index (χ2n) is 8.46. The maximum absolute atomic E-state index is 13.2. The van der Waals surface area contributed by atoms with Crippen molar-refractivity contribution in [2.45, 2.75) is 25.6 Å². The third kappa shape index (κ3) is 6.76. The van der Waals surface area contributed by atoms with E-state index in [1.165, 1.54) is 5.56 Å². The smallest absolute Gasteiger partial charge is 0.251 e. The van der Waals surface area contributed by atoms with Crippen LogP contribution in [0.5, 0.6) is 0 Å². The zero-order valence-electron chi connectivity index (χ0n) is 19.3. The number of benzene rings is 3. The SMILES string of the molecule is O=C(NC(Cc1ccccc1)C(=O)NCc1ccccc1CN1CCOCC1)c1ccccc1. The van der Waals surface area contributed by atoms with E-state index in [0.29, 0.717) is 18.5 Å². The van der Waals surface area contributed by atoms with Crippen LogP contribution < -0.4 is 10.6 Å². The molecule has 0 radical (unpaired) electrons. The molecular formula is C28H31N3O3. The van der Waals surface area contributed by atoms with Gasteiger partial charge in [-0.1, -0.05) is 72.8 Å². The number of amides is 2. The van der Waals surface area contributed by atoms with E-state index in [-0.39, 0.29) is 11.8 Å². The highest BCUT2D eigenvalue weighted by molar-refractivity contribution is 5.97. The van der Waals surface area contributed by atoms with Gasteiger partial charge in [0.2, 0.25) is 5.91 Å². The van der Waals surface area contributed by atoms with Crippen LogP contribution in [0, 0.1) is 0 Å². The van der Waals surface area contributed by atoms with Crippen LogP contribution in [0.25, 0.3) is 0 Å². The van der Waals surface area contributed by atoms with Crippen LogP contribution >= 0.6 is 0 Å². The Bertz CT molecular complexity index is 1070. The summed E-state index contributed by atoms with van der Waals surface area (Å²) < 4.78 is 5.45. The molecule has 0 bridgehead atoms. The average Bonchev–Trinajstić information content (AvgIpc) is 2.89. The highest BCUT2D eigenvalue weighted by Gasteiger charge is 2.22. The molecule has 3 aromatic rings. The molecule has 1 fully saturated rings. The molecule has 0 aliphatic carbocycles. The third-order valence-electron chi connectivity index (χ3n) is 6.01. The normalized spacial score (nSPS) is 14.8. The predicted molar refractivity (Wildman–Crippen MR) is 132 cm³/mol. The molecule has 1 aliphatic rings. The van der Waals surface area contributed by atoms with Gasteiger partial charge in [-0.05, 0) is 28.8 Å². The van der Waals surface area contributed by atoms with Gasteiger partial charge in [0, 0.05) is 38.2 Å². The minimum atomic E-state index is -0.679. The Kier molecular flexibility index (Phi) is 8.43. The van der Waals surface area contributed by atoms with E-state index >= 15 is 0 Å². The van der Waals surface area contributed by atoms with Gasteiger partial charge >= 0.3 is 0 Å². The van der Waals surface area contributed by atoms with Crippen molar-refractivity contribution in [1.29, 1.82) is 0 Å². The molecule has 6 heteroatoms. The van der Waals surface area contributed by atoms with E-state index < -0.39 is 6.04 Å². The Morgan fingerprint density at radius 3 is 2.15 bits per heavy atom. The van der Waals surface area contributed by atoms with Crippen LogP contribution in [0.3, 0.4) is 0 Å². The van der Waals surface area contributed by atoms with Crippen molar-refractivity contribution in [2.75, 3.05) is 26.3 Å². The van der Waals surface area contributed by atoms with Gasteiger partial charge in [0.1, 0.15) is 6.04 Å². The van der Waals surface area contributed by atoms with Gasteiger partial charge in [0.25, 0.3) is 5.91 Å². The van der Waals surface area contributed by atoms with E-state index in [1.807, 2.05) is 66.7 Å². The molecule has 1 unspecified atom stereocenters. The standard InChI is InChI=1S/C28H31N3O3/c32-27(23-11-5-2-6-12-23)30-26(19-22-9-3-1-4-10-22)28(33)29-20-24-13-7-8-14-25(24)21-31-15-17-34-18-16-31/h1-14,26H,15-21H2,(H,29,33)(H,30,32). The topological polar surface area (TPSA) is 70.7 Å². The molecule has 1 saturated heterocycles. The van der Waals surface area contributed by atoms with E-state index in [4.69, 9.17) is 4.74 Å². The van der Waals surface area contributed by atoms with E-state index in [1.54, 1.807) is 12.1 Å². The van der Waals surface area contributed by atoms with Crippen LogP contribution in [0.4, 0.5) is 0 Å². The van der Waals surface area contributed by atoms with Crippen molar-refractivity contribution in [2.24, 2.45) is 0 Å². The Hall–Kier alpha value is -3.48. The lowest BCUT2D eigenvalue weighted by Gasteiger charge is -2.27. The van der Waals surface area contributed by atoms with Crippen LogP contribution in [-0.4, -0.2) is 49.1 Å². The minimum Gasteiger partial charge on any atom is -0.379 e. The summed E-state index contributed by atoms with van der Waals surface area (Å²) in [6, 6.07) is 26.2. The molecule has 1 atom stereocenters. The number of nitrogens with one attached hydrogen (secondary N) is 2. The van der Waals surface area contributed by atoms with Gasteiger partial charge in [0.15, 0.2) is 0 Å². The Balaban J connectivity index is 1.43. The van der Waals surface area contributed by atoms with E-state index in [9.17, 15) is 9.59 Å². The van der Waals surface area contributed by atoms with Gasteiger partial charge in [0.05, 0.1) is 13.2 Å². The summed E-state index contributed by atoms with van der Waals surface area (Å²) in [5, 5.41) is 5.98. The number of hydrogen-bond donors (Lipinski definition) is 2. The van der Waals surface area contributed by atoms with Crippen molar-refractivity contribution < 1.29 is 14.3 Å². The lowest BCUT2D eigenvalue weighted by Crippen LogP contribution is -2.48. The number of rotatable bonds is 9. The van der Waals surface area contributed by atoms with Crippen molar-refractivity contribution in [3.8, 4) is 0 Å². The molecule has 3 aromatic carbocycles. The monoisotopic (exact) mass is 457 g/mol. The second kappa shape index (κ2) is 12.1. The zero-order chi connectivity index (χ0) is 23.6. The molecule has 0 spiro atoms. The molecule has 1 aliphatic heterocycles. The highest BCUT2D eigenvalue weighted by atomic mass is 16.5. The molecular weight excluding hydrogens is 426 g/mol. The zero-order valence-corrected chi connectivity index (χ0v) is 19.3. The summed E-state index contributed by atoms with van der Waals surface area (Å²) >= 11 is 0. The Morgan fingerprint density at radius 2 is 1.44 bits per heavy atom. The number of carbonyl (C=O) groups excluding carboxylic acids is 2. The number of ether oxygens (including phenoxy) is 1. The quantitative estimate of drug-likeness (QED) is 0.518. The molecule has 34 heavy (non-hydrogen) atoms. The fraction of sp³-hybridized carbons (Fsp3) is 0.286. The van der Waals surface area contributed by atoms with Gasteiger partial charge in [-0.25, -0.2) is 0 Å². The summed E-state index contributed by atoms with van der Waals surface area (Å²) in [6.07, 6.45) is 0.417. The summed E-state index contributed by atoms with van der Waals surface area (Å²) in [7, 11) is 0. The molecule has 0 saturated carbocycles. The van der Waals surface area contributed by atoms with Crippen LogP contribution in [0.2, 0.25) is 0 Å². The summed E-state index contributed by atoms with van der Waals surface area (Å²) in [4.78, 5) is 28.4. The number of nitrogens with zero attached hydrogens (tertiary/aromatic N) is 1. The number of hydrogen-bond acceptors (Lipinski definition) is 4. The fourth-order valence-corrected chi connectivity index (χ4v) is 4.08. The predicted octanol–water partition coefficient (Wildman–Crippen LogP) is 3.18. The molecule has 6 nitrogen and oxygen atoms in total. The van der Waals surface area contributed by atoms with Crippen LogP contribution in [0.15, 0.2) is 84.9 Å². The van der Waals surface area contributed by atoms with Gasteiger partial charge in [-0.15, -0.1) is 0 Å². The fourth-order valence-electron chi connectivity index (χ4n) is 4.08. The first-order valence-electron chi connectivity index (χ1n) is 11.7. The minimum absolute atomic E-state index is 0.200. The lowest BCUT2D eigenvalue weighted by molar-refractivity contribution is -0.123. The van der Waals surface area contributed by atoms with E-state index in [2.05, 4.69) is 21.6 Å². The number of morpholine rings is 1. The molecule has 4 rings (SSSR count). The van der Waals surface area contributed by atoms with Crippen LogP contribution in [0.1, 0.15) is 27.0 Å². The summed E-state index contributed by atoms with van der Waals surface area (Å²) in [5.74, 6) is -0.460. The summed E-state index contributed by atoms with van der Waals surface area (Å²) in [5.41, 5.74) is 3.79. The molecule has 0 aromatic heterocycles.